The van der Waals surface area contributed by atoms with Crippen molar-refractivity contribution >= 4 is 17.3 Å². The van der Waals surface area contributed by atoms with Crippen molar-refractivity contribution in [3.05, 3.63) is 53.6 Å². The van der Waals surface area contributed by atoms with Crippen LogP contribution in [0.3, 0.4) is 0 Å². The van der Waals surface area contributed by atoms with Gasteiger partial charge in [-0.15, -0.1) is 0 Å². The van der Waals surface area contributed by atoms with Crippen LogP contribution < -0.4 is 15.0 Å². The molecule has 1 aliphatic heterocycles. The van der Waals surface area contributed by atoms with Crippen LogP contribution in [-0.2, 0) is 11.3 Å². The van der Waals surface area contributed by atoms with Crippen LogP contribution in [0.15, 0.2) is 42.5 Å². The number of para-hydroxylation sites is 2. The van der Waals surface area contributed by atoms with Gasteiger partial charge in [-0.05, 0) is 25.1 Å². The van der Waals surface area contributed by atoms with E-state index >= 15 is 0 Å². The molecule has 0 bridgehead atoms. The van der Waals surface area contributed by atoms with Crippen molar-refractivity contribution in [1.82, 2.24) is 0 Å². The lowest BCUT2D eigenvalue weighted by Gasteiger charge is -2.30. The molecule has 3 rings (SSSR count). The molecular formula is C17H18N2O2. The molecule has 1 amide bonds. The van der Waals surface area contributed by atoms with E-state index in [0.717, 1.165) is 28.3 Å². The molecular weight excluding hydrogens is 264 g/mol. The molecule has 0 aliphatic carbocycles. The van der Waals surface area contributed by atoms with E-state index in [0.29, 0.717) is 13.1 Å². The maximum absolute atomic E-state index is 12.3. The van der Waals surface area contributed by atoms with Crippen molar-refractivity contribution in [2.24, 2.45) is 0 Å². The number of methoxy groups -OCH3 is 1. The number of rotatable bonds is 3. The van der Waals surface area contributed by atoms with Crippen molar-refractivity contribution in [1.29, 1.82) is 0 Å². The average Bonchev–Trinajstić information content (AvgIpc) is 2.50. The SMILES string of the molecule is COc1ccc(C)cc1CN1C(=O)CNc2ccccc21. The van der Waals surface area contributed by atoms with Gasteiger partial charge in [-0.1, -0.05) is 29.8 Å². The van der Waals surface area contributed by atoms with Crippen molar-refractivity contribution in [3.63, 3.8) is 0 Å². The lowest BCUT2D eigenvalue weighted by Crippen LogP contribution is -2.39. The third-order valence-corrected chi connectivity index (χ3v) is 3.69. The lowest BCUT2D eigenvalue weighted by atomic mass is 10.1. The first-order valence-corrected chi connectivity index (χ1v) is 6.96. The Kier molecular flexibility index (Phi) is 3.52. The Labute approximate surface area is 124 Å². The molecule has 1 aliphatic rings. The van der Waals surface area contributed by atoms with Crippen LogP contribution in [0, 0.1) is 6.92 Å². The fraction of sp³-hybridized carbons (Fsp3) is 0.235. The minimum atomic E-state index is 0.0669. The summed E-state index contributed by atoms with van der Waals surface area (Å²) in [6, 6.07) is 13.9. The number of fused-ring (bicyclic) bond motifs is 1. The average molecular weight is 282 g/mol. The molecule has 4 heteroatoms. The number of ether oxygens (including phenoxy) is 1. The molecule has 4 nitrogen and oxygen atoms in total. The van der Waals surface area contributed by atoms with Gasteiger partial charge in [0.05, 0.1) is 31.6 Å². The Hall–Kier alpha value is -2.49. The van der Waals surface area contributed by atoms with E-state index in [2.05, 4.69) is 11.4 Å². The molecule has 1 N–H and O–H groups in total. The van der Waals surface area contributed by atoms with Gasteiger partial charge in [-0.3, -0.25) is 4.79 Å². The van der Waals surface area contributed by atoms with Gasteiger partial charge in [0.2, 0.25) is 5.91 Å². The van der Waals surface area contributed by atoms with Crippen LogP contribution in [0.2, 0.25) is 0 Å². The highest BCUT2D eigenvalue weighted by molar-refractivity contribution is 6.02. The highest BCUT2D eigenvalue weighted by Gasteiger charge is 2.24. The van der Waals surface area contributed by atoms with E-state index in [1.165, 1.54) is 0 Å². The first kappa shape index (κ1) is 13.5. The Morgan fingerprint density at radius 3 is 2.86 bits per heavy atom. The molecule has 0 saturated heterocycles. The van der Waals surface area contributed by atoms with Gasteiger partial charge in [-0.2, -0.15) is 0 Å². The Morgan fingerprint density at radius 1 is 1.24 bits per heavy atom. The number of anilines is 2. The molecule has 0 unspecified atom stereocenters. The molecule has 0 atom stereocenters. The van der Waals surface area contributed by atoms with Crippen LogP contribution >= 0.6 is 0 Å². The molecule has 108 valence electrons. The molecule has 1 heterocycles. The van der Waals surface area contributed by atoms with Crippen molar-refractivity contribution in [3.8, 4) is 5.75 Å². The molecule has 0 aromatic heterocycles. The van der Waals surface area contributed by atoms with Crippen LogP contribution in [0.1, 0.15) is 11.1 Å². The second-order valence-corrected chi connectivity index (χ2v) is 5.17. The fourth-order valence-electron chi connectivity index (χ4n) is 2.63. The van der Waals surface area contributed by atoms with E-state index in [-0.39, 0.29) is 5.91 Å². The Balaban J connectivity index is 1.98. The Bertz CT molecular complexity index is 682. The minimum absolute atomic E-state index is 0.0669. The molecule has 2 aromatic carbocycles. The van der Waals surface area contributed by atoms with E-state index in [1.54, 1.807) is 7.11 Å². The third kappa shape index (κ3) is 2.57. The van der Waals surface area contributed by atoms with E-state index in [9.17, 15) is 4.79 Å². The number of benzene rings is 2. The van der Waals surface area contributed by atoms with Gasteiger partial charge in [-0.25, -0.2) is 0 Å². The maximum Gasteiger partial charge on any atom is 0.246 e. The van der Waals surface area contributed by atoms with Crippen molar-refractivity contribution < 1.29 is 9.53 Å². The highest BCUT2D eigenvalue weighted by atomic mass is 16.5. The summed E-state index contributed by atoms with van der Waals surface area (Å²) < 4.78 is 5.41. The second kappa shape index (κ2) is 5.48. The summed E-state index contributed by atoms with van der Waals surface area (Å²) in [5.41, 5.74) is 4.07. The number of nitrogens with one attached hydrogen (secondary N) is 1. The third-order valence-electron chi connectivity index (χ3n) is 3.69. The number of hydrogen-bond donors (Lipinski definition) is 1. The molecule has 2 aromatic rings. The molecule has 0 fully saturated rings. The highest BCUT2D eigenvalue weighted by Crippen LogP contribution is 2.32. The normalized spacial score (nSPS) is 13.6. The van der Waals surface area contributed by atoms with Crippen LogP contribution in [0.25, 0.3) is 0 Å². The zero-order chi connectivity index (χ0) is 14.8. The summed E-state index contributed by atoms with van der Waals surface area (Å²) in [5, 5.41) is 3.15. The van der Waals surface area contributed by atoms with Crippen LogP contribution in [0.5, 0.6) is 5.75 Å². The summed E-state index contributed by atoms with van der Waals surface area (Å²) in [5.74, 6) is 0.877. The smallest absolute Gasteiger partial charge is 0.246 e. The number of carbonyl (C=O) groups excluding carboxylic acids is 1. The molecule has 0 radical (unpaired) electrons. The zero-order valence-electron chi connectivity index (χ0n) is 12.2. The minimum Gasteiger partial charge on any atom is -0.496 e. The van der Waals surface area contributed by atoms with E-state index < -0.39 is 0 Å². The topological polar surface area (TPSA) is 41.6 Å². The molecule has 21 heavy (non-hydrogen) atoms. The van der Waals surface area contributed by atoms with Gasteiger partial charge in [0.25, 0.3) is 0 Å². The standard InChI is InChI=1S/C17H18N2O2/c1-12-7-8-16(21-2)13(9-12)11-19-15-6-4-3-5-14(15)18-10-17(19)20/h3-9,18H,10-11H2,1-2H3. The zero-order valence-corrected chi connectivity index (χ0v) is 12.2. The van der Waals surface area contributed by atoms with Gasteiger partial charge < -0.3 is 15.0 Å². The quantitative estimate of drug-likeness (QED) is 0.941. The monoisotopic (exact) mass is 282 g/mol. The summed E-state index contributed by atoms with van der Waals surface area (Å²) in [6.45, 7) is 2.88. The number of nitrogens with zero attached hydrogens (tertiary/aromatic N) is 1. The van der Waals surface area contributed by atoms with Gasteiger partial charge in [0, 0.05) is 5.56 Å². The first-order valence-electron chi connectivity index (χ1n) is 6.96. The van der Waals surface area contributed by atoms with Gasteiger partial charge in [0.1, 0.15) is 5.75 Å². The summed E-state index contributed by atoms with van der Waals surface area (Å²) in [6.07, 6.45) is 0. The molecule has 0 saturated carbocycles. The van der Waals surface area contributed by atoms with Crippen molar-refractivity contribution in [2.45, 2.75) is 13.5 Å². The summed E-state index contributed by atoms with van der Waals surface area (Å²) in [7, 11) is 1.65. The lowest BCUT2D eigenvalue weighted by molar-refractivity contribution is -0.117. The largest absolute Gasteiger partial charge is 0.496 e. The summed E-state index contributed by atoms with van der Waals surface area (Å²) >= 11 is 0. The predicted molar refractivity (Wildman–Crippen MR) is 83.9 cm³/mol. The number of carbonyl (C=O) groups is 1. The molecule has 0 spiro atoms. The van der Waals surface area contributed by atoms with Crippen LogP contribution in [0.4, 0.5) is 11.4 Å². The fourth-order valence-corrected chi connectivity index (χ4v) is 2.63. The number of aryl methyl sites for hydroxylation is 1. The van der Waals surface area contributed by atoms with Crippen molar-refractivity contribution in [2.75, 3.05) is 23.9 Å². The first-order chi connectivity index (χ1) is 10.2. The number of amides is 1. The predicted octanol–water partition coefficient (Wildman–Crippen LogP) is 2.96. The van der Waals surface area contributed by atoms with E-state index in [1.807, 2.05) is 48.2 Å². The van der Waals surface area contributed by atoms with E-state index in [4.69, 9.17) is 4.74 Å². The number of hydrogen-bond acceptors (Lipinski definition) is 3. The second-order valence-electron chi connectivity index (χ2n) is 5.17. The summed E-state index contributed by atoms with van der Waals surface area (Å²) in [4.78, 5) is 14.1. The maximum atomic E-state index is 12.3. The van der Waals surface area contributed by atoms with Crippen LogP contribution in [-0.4, -0.2) is 19.6 Å². The Morgan fingerprint density at radius 2 is 2.05 bits per heavy atom. The van der Waals surface area contributed by atoms with Gasteiger partial charge in [0.15, 0.2) is 0 Å². The van der Waals surface area contributed by atoms with Gasteiger partial charge >= 0.3 is 0 Å².